The molecule has 2 aliphatic rings. The van der Waals surface area contributed by atoms with Crippen LogP contribution in [0.25, 0.3) is 0 Å². The van der Waals surface area contributed by atoms with Gasteiger partial charge in [0, 0.05) is 12.5 Å². The monoisotopic (exact) mass is 368 g/mol. The van der Waals surface area contributed by atoms with E-state index in [-0.39, 0.29) is 23.2 Å². The van der Waals surface area contributed by atoms with Crippen LogP contribution in [0.15, 0.2) is 0 Å². The lowest BCUT2D eigenvalue weighted by molar-refractivity contribution is -0.152. The maximum absolute atomic E-state index is 13.2. The van der Waals surface area contributed by atoms with Gasteiger partial charge >= 0.3 is 12.1 Å². The van der Waals surface area contributed by atoms with Gasteiger partial charge in [0.15, 0.2) is 0 Å². The van der Waals surface area contributed by atoms with Crippen molar-refractivity contribution in [3.05, 3.63) is 0 Å². The number of nitrogens with zero attached hydrogens (tertiary/aromatic N) is 1. The number of piperidine rings is 1. The molecular weight excluding hydrogens is 336 g/mol. The highest BCUT2D eigenvalue weighted by Gasteiger charge is 2.70. The summed E-state index contributed by atoms with van der Waals surface area (Å²) in [5.41, 5.74) is -1.33. The number of carbonyl (C=O) groups excluding carboxylic acids is 2. The van der Waals surface area contributed by atoms with Crippen LogP contribution >= 0.6 is 0 Å². The summed E-state index contributed by atoms with van der Waals surface area (Å²) in [6.45, 7) is 15.2. The Labute approximate surface area is 155 Å². The predicted molar refractivity (Wildman–Crippen MR) is 96.5 cm³/mol. The molecule has 1 aliphatic carbocycles. The van der Waals surface area contributed by atoms with Gasteiger partial charge in [-0.3, -0.25) is 4.79 Å². The number of nitrogens with one attached hydrogen (secondary N) is 1. The first-order valence-corrected chi connectivity index (χ1v) is 9.10. The molecule has 2 fully saturated rings. The fraction of sp³-hybridized carbons (Fsp3) is 0.842. The Morgan fingerprint density at radius 3 is 2.12 bits per heavy atom. The summed E-state index contributed by atoms with van der Waals surface area (Å²) in [7, 11) is 0. The maximum Gasteiger partial charge on any atom is 0.408 e. The van der Waals surface area contributed by atoms with Gasteiger partial charge < -0.3 is 20.1 Å². The van der Waals surface area contributed by atoms with Crippen molar-refractivity contribution in [3.63, 3.8) is 0 Å². The fourth-order valence-electron chi connectivity index (χ4n) is 4.04. The molecule has 1 heterocycles. The first-order valence-electron chi connectivity index (χ1n) is 9.10. The number of amides is 2. The molecule has 2 rings (SSSR count). The molecule has 0 aromatic heterocycles. The van der Waals surface area contributed by atoms with Crippen molar-refractivity contribution < 1.29 is 24.2 Å². The van der Waals surface area contributed by atoms with Gasteiger partial charge in [0.05, 0.1) is 0 Å². The molecule has 1 aliphatic heterocycles. The van der Waals surface area contributed by atoms with Gasteiger partial charge in [-0.05, 0) is 37.5 Å². The second kappa shape index (κ2) is 6.13. The van der Waals surface area contributed by atoms with E-state index in [1.165, 1.54) is 4.90 Å². The number of ether oxygens (including phenoxy) is 1. The van der Waals surface area contributed by atoms with Crippen molar-refractivity contribution in [1.29, 1.82) is 0 Å². The highest BCUT2D eigenvalue weighted by molar-refractivity contribution is 5.91. The maximum atomic E-state index is 13.2. The Hall–Kier alpha value is -1.79. The lowest BCUT2D eigenvalue weighted by atomic mass is 9.85. The van der Waals surface area contributed by atoms with Crippen LogP contribution < -0.4 is 5.32 Å². The van der Waals surface area contributed by atoms with Crippen molar-refractivity contribution in [1.82, 2.24) is 10.2 Å². The van der Waals surface area contributed by atoms with E-state index >= 15 is 0 Å². The minimum atomic E-state index is -0.985. The molecule has 0 aromatic carbocycles. The fourth-order valence-corrected chi connectivity index (χ4v) is 4.04. The topological polar surface area (TPSA) is 95.9 Å². The second-order valence-electron chi connectivity index (χ2n) is 10.2. The number of aliphatic carboxylic acids is 1. The van der Waals surface area contributed by atoms with Crippen LogP contribution in [0.5, 0.6) is 0 Å². The number of carboxylic acid groups (broad SMARTS) is 1. The van der Waals surface area contributed by atoms with Crippen molar-refractivity contribution in [3.8, 4) is 0 Å². The normalized spacial score (nSPS) is 28.2. The third-order valence-corrected chi connectivity index (χ3v) is 5.52. The van der Waals surface area contributed by atoms with Gasteiger partial charge in [-0.1, -0.05) is 34.6 Å². The highest BCUT2D eigenvalue weighted by Crippen LogP contribution is 2.65. The molecule has 0 bridgehead atoms. The van der Waals surface area contributed by atoms with E-state index in [0.717, 1.165) is 0 Å². The van der Waals surface area contributed by atoms with Crippen LogP contribution in [-0.2, 0) is 14.3 Å². The Kier molecular flexibility index (Phi) is 4.84. The zero-order valence-corrected chi connectivity index (χ0v) is 17.0. The molecule has 7 heteroatoms. The molecule has 2 N–H and O–H groups in total. The third kappa shape index (κ3) is 3.81. The van der Waals surface area contributed by atoms with Gasteiger partial charge in [-0.2, -0.15) is 0 Å². The molecule has 4 atom stereocenters. The first-order chi connectivity index (χ1) is 11.6. The van der Waals surface area contributed by atoms with Crippen molar-refractivity contribution in [2.75, 3.05) is 6.54 Å². The Balaban J connectivity index is 2.20. The van der Waals surface area contributed by atoms with Crippen LogP contribution in [0.1, 0.15) is 55.4 Å². The summed E-state index contributed by atoms with van der Waals surface area (Å²) >= 11 is 0. The van der Waals surface area contributed by atoms with E-state index in [1.807, 2.05) is 34.6 Å². The average molecular weight is 368 g/mol. The number of likely N-dealkylation sites (tertiary alicyclic amines) is 1. The largest absolute Gasteiger partial charge is 0.480 e. The van der Waals surface area contributed by atoms with Gasteiger partial charge in [-0.15, -0.1) is 0 Å². The van der Waals surface area contributed by atoms with Gasteiger partial charge in [-0.25, -0.2) is 9.59 Å². The van der Waals surface area contributed by atoms with Crippen LogP contribution in [0.4, 0.5) is 4.79 Å². The van der Waals surface area contributed by atoms with Crippen LogP contribution in [0.3, 0.4) is 0 Å². The molecule has 1 saturated carbocycles. The Morgan fingerprint density at radius 1 is 1.15 bits per heavy atom. The Morgan fingerprint density at radius 2 is 1.69 bits per heavy atom. The van der Waals surface area contributed by atoms with Crippen molar-refractivity contribution in [2.45, 2.75) is 73.1 Å². The molecule has 0 radical (unpaired) electrons. The number of hydrogen-bond acceptors (Lipinski definition) is 4. The molecule has 148 valence electrons. The summed E-state index contributed by atoms with van der Waals surface area (Å²) in [6.07, 6.45) is -0.678. The summed E-state index contributed by atoms with van der Waals surface area (Å²) in [5.74, 6) is -1.19. The minimum Gasteiger partial charge on any atom is -0.480 e. The summed E-state index contributed by atoms with van der Waals surface area (Å²) in [6, 6.07) is -1.70. The van der Waals surface area contributed by atoms with E-state index in [1.54, 1.807) is 20.8 Å². The van der Waals surface area contributed by atoms with Gasteiger partial charge in [0.1, 0.15) is 17.7 Å². The van der Waals surface area contributed by atoms with E-state index in [9.17, 15) is 19.5 Å². The van der Waals surface area contributed by atoms with Gasteiger partial charge in [0.2, 0.25) is 5.91 Å². The molecule has 0 aromatic rings. The average Bonchev–Trinajstić information content (AvgIpc) is 2.81. The zero-order chi connectivity index (χ0) is 20.2. The smallest absolute Gasteiger partial charge is 0.408 e. The Bertz CT molecular complexity index is 614. The van der Waals surface area contributed by atoms with E-state index in [4.69, 9.17) is 4.74 Å². The summed E-state index contributed by atoms with van der Waals surface area (Å²) < 4.78 is 5.28. The van der Waals surface area contributed by atoms with E-state index in [0.29, 0.717) is 6.54 Å². The third-order valence-electron chi connectivity index (χ3n) is 5.52. The number of rotatable bonds is 3. The van der Waals surface area contributed by atoms with Gasteiger partial charge in [0.25, 0.3) is 0 Å². The van der Waals surface area contributed by atoms with Crippen LogP contribution in [0.2, 0.25) is 0 Å². The quantitative estimate of drug-likeness (QED) is 0.798. The SMILES string of the molecule is CC(C)(C)OC(=O)N[C@@H](C(=O)N1C[C@H]2[C@@H]([C@H]1C(=O)O)C2(C)C)C(C)(C)C. The lowest BCUT2D eigenvalue weighted by Gasteiger charge is -2.37. The van der Waals surface area contributed by atoms with Crippen molar-refractivity contribution >= 4 is 18.0 Å². The minimum absolute atomic E-state index is 0.0360. The molecule has 0 unspecified atom stereocenters. The number of alkyl carbamates (subject to hydrolysis) is 1. The molecule has 0 spiro atoms. The lowest BCUT2D eigenvalue weighted by Crippen LogP contribution is -2.58. The zero-order valence-electron chi connectivity index (χ0n) is 17.0. The molecule has 1 saturated heterocycles. The highest BCUT2D eigenvalue weighted by atomic mass is 16.6. The summed E-state index contributed by atoms with van der Waals surface area (Å²) in [4.78, 5) is 38.6. The summed E-state index contributed by atoms with van der Waals surface area (Å²) in [5, 5.41) is 12.3. The predicted octanol–water partition coefficient (Wildman–Crippen LogP) is 2.49. The van der Waals surface area contributed by atoms with Crippen LogP contribution in [0, 0.1) is 22.7 Å². The number of fused-ring (bicyclic) bond motifs is 1. The van der Waals surface area contributed by atoms with Crippen LogP contribution in [-0.4, -0.2) is 52.2 Å². The molecule has 7 nitrogen and oxygen atoms in total. The first kappa shape index (κ1) is 20.5. The number of carbonyl (C=O) groups is 3. The molecular formula is C19H32N2O5. The number of hydrogen-bond donors (Lipinski definition) is 2. The van der Waals surface area contributed by atoms with Crippen molar-refractivity contribution in [2.24, 2.45) is 22.7 Å². The molecule has 26 heavy (non-hydrogen) atoms. The van der Waals surface area contributed by atoms with E-state index in [2.05, 4.69) is 5.32 Å². The number of carboxylic acids is 1. The standard InChI is InChI=1S/C19H32N2O5/c1-17(2,3)13(20-16(25)26-18(4,5)6)14(22)21-9-10-11(19(10,7)8)12(21)15(23)24/h10-13H,9H2,1-8H3,(H,20,25)(H,23,24)/t10-,11-,12-,13-/m0/s1. The second-order valence-corrected chi connectivity index (χ2v) is 10.2. The van der Waals surface area contributed by atoms with E-state index < -0.39 is 35.2 Å². The molecule has 2 amide bonds.